The molecule has 0 radical (unpaired) electrons. The number of hydrogen-bond donors (Lipinski definition) is 1. The third-order valence-corrected chi connectivity index (χ3v) is 2.87. The Kier molecular flexibility index (Phi) is 3.24. The van der Waals surface area contributed by atoms with Gasteiger partial charge in [0.05, 0.1) is 11.6 Å². The molecule has 0 unspecified atom stereocenters. The van der Waals surface area contributed by atoms with E-state index in [0.29, 0.717) is 12.0 Å². The van der Waals surface area contributed by atoms with E-state index in [1.54, 1.807) is 18.3 Å². The van der Waals surface area contributed by atoms with Crippen molar-refractivity contribution in [2.45, 2.75) is 26.2 Å². The predicted octanol–water partition coefficient (Wildman–Crippen LogP) is 3.41. The van der Waals surface area contributed by atoms with Crippen LogP contribution in [-0.2, 0) is 0 Å². The zero-order valence-corrected chi connectivity index (χ0v) is 9.79. The summed E-state index contributed by atoms with van der Waals surface area (Å²) in [6, 6.07) is 7.44. The van der Waals surface area contributed by atoms with Crippen molar-refractivity contribution in [3.63, 3.8) is 0 Å². The van der Waals surface area contributed by atoms with Crippen molar-refractivity contribution in [2.75, 3.05) is 0 Å². The minimum absolute atomic E-state index is 0.169. The molecule has 0 amide bonds. The molecule has 0 aliphatic heterocycles. The van der Waals surface area contributed by atoms with Crippen LogP contribution in [0.3, 0.4) is 0 Å². The minimum atomic E-state index is 0.169. The molecule has 0 spiro atoms. The van der Waals surface area contributed by atoms with Crippen molar-refractivity contribution in [1.82, 2.24) is 4.98 Å². The molecular formula is C14H14N2O. The van der Waals surface area contributed by atoms with Crippen LogP contribution in [0.1, 0.15) is 42.1 Å². The number of benzene rings is 1. The second-order valence-corrected chi connectivity index (χ2v) is 4.10. The van der Waals surface area contributed by atoms with Gasteiger partial charge in [0.1, 0.15) is 0 Å². The summed E-state index contributed by atoms with van der Waals surface area (Å²) in [5.74, 6) is 0.169. The Hall–Kier alpha value is -2.08. The SMILES string of the molecule is CCCCC(=O)c1c[nH]c2cc(C#N)ccc12. The molecular weight excluding hydrogens is 212 g/mol. The van der Waals surface area contributed by atoms with Gasteiger partial charge in [0, 0.05) is 29.1 Å². The number of carbonyl (C=O) groups excluding carboxylic acids is 1. The maximum absolute atomic E-state index is 11.9. The molecule has 1 aromatic carbocycles. The number of aromatic nitrogens is 1. The quantitative estimate of drug-likeness (QED) is 0.812. The smallest absolute Gasteiger partial charge is 0.165 e. The molecule has 86 valence electrons. The Morgan fingerprint density at radius 1 is 1.47 bits per heavy atom. The van der Waals surface area contributed by atoms with Crippen LogP contribution in [0.15, 0.2) is 24.4 Å². The van der Waals surface area contributed by atoms with Crippen LogP contribution in [0.2, 0.25) is 0 Å². The number of carbonyl (C=O) groups is 1. The molecule has 0 aliphatic carbocycles. The van der Waals surface area contributed by atoms with Gasteiger partial charge in [0.2, 0.25) is 0 Å². The lowest BCUT2D eigenvalue weighted by Crippen LogP contribution is -1.97. The third-order valence-electron chi connectivity index (χ3n) is 2.87. The van der Waals surface area contributed by atoms with Crippen LogP contribution >= 0.6 is 0 Å². The van der Waals surface area contributed by atoms with E-state index in [4.69, 9.17) is 5.26 Å². The first-order valence-electron chi connectivity index (χ1n) is 5.80. The van der Waals surface area contributed by atoms with E-state index in [-0.39, 0.29) is 5.78 Å². The molecule has 0 aliphatic rings. The molecule has 2 aromatic rings. The zero-order chi connectivity index (χ0) is 12.3. The predicted molar refractivity (Wildman–Crippen MR) is 66.9 cm³/mol. The van der Waals surface area contributed by atoms with Crippen molar-refractivity contribution in [2.24, 2.45) is 0 Å². The number of unbranched alkanes of at least 4 members (excludes halogenated alkanes) is 1. The average molecular weight is 226 g/mol. The van der Waals surface area contributed by atoms with E-state index >= 15 is 0 Å². The molecule has 1 aromatic heterocycles. The summed E-state index contributed by atoms with van der Waals surface area (Å²) in [7, 11) is 0. The number of Topliss-reactive ketones (excluding diaryl/α,β-unsaturated/α-hetero) is 1. The molecule has 3 nitrogen and oxygen atoms in total. The fourth-order valence-corrected chi connectivity index (χ4v) is 1.90. The third kappa shape index (κ3) is 2.21. The van der Waals surface area contributed by atoms with Crippen LogP contribution < -0.4 is 0 Å². The Morgan fingerprint density at radius 3 is 3.00 bits per heavy atom. The molecule has 0 fully saturated rings. The number of nitriles is 1. The van der Waals surface area contributed by atoms with Gasteiger partial charge in [-0.15, -0.1) is 0 Å². The first kappa shape index (κ1) is 11.4. The van der Waals surface area contributed by atoms with Crippen molar-refractivity contribution in [3.05, 3.63) is 35.5 Å². The Bertz CT molecular complexity index is 590. The number of nitrogens with one attached hydrogen (secondary N) is 1. The van der Waals surface area contributed by atoms with E-state index in [9.17, 15) is 4.79 Å². The highest BCUT2D eigenvalue weighted by Gasteiger charge is 2.11. The lowest BCUT2D eigenvalue weighted by atomic mass is 10.0. The Balaban J connectivity index is 2.37. The maximum Gasteiger partial charge on any atom is 0.165 e. The number of ketones is 1. The lowest BCUT2D eigenvalue weighted by Gasteiger charge is -1.98. The summed E-state index contributed by atoms with van der Waals surface area (Å²) < 4.78 is 0. The van der Waals surface area contributed by atoms with Gasteiger partial charge in [-0.05, 0) is 18.6 Å². The number of nitrogens with zero attached hydrogens (tertiary/aromatic N) is 1. The molecule has 1 heterocycles. The van der Waals surface area contributed by atoms with Gasteiger partial charge in [0.15, 0.2) is 5.78 Å². The van der Waals surface area contributed by atoms with Gasteiger partial charge >= 0.3 is 0 Å². The summed E-state index contributed by atoms with van der Waals surface area (Å²) in [4.78, 5) is 15.0. The molecule has 0 saturated heterocycles. The number of rotatable bonds is 4. The fraction of sp³-hybridized carbons (Fsp3) is 0.286. The molecule has 1 N–H and O–H groups in total. The lowest BCUT2D eigenvalue weighted by molar-refractivity contribution is 0.0981. The van der Waals surface area contributed by atoms with E-state index in [1.807, 2.05) is 6.07 Å². The molecule has 3 heteroatoms. The minimum Gasteiger partial charge on any atom is -0.360 e. The highest BCUT2D eigenvalue weighted by Crippen LogP contribution is 2.21. The van der Waals surface area contributed by atoms with Gasteiger partial charge in [-0.25, -0.2) is 0 Å². The molecule has 0 bridgehead atoms. The van der Waals surface area contributed by atoms with E-state index < -0.39 is 0 Å². The molecule has 0 saturated carbocycles. The van der Waals surface area contributed by atoms with Gasteiger partial charge < -0.3 is 4.98 Å². The molecule has 2 rings (SSSR count). The van der Waals surface area contributed by atoms with Crippen molar-refractivity contribution in [1.29, 1.82) is 5.26 Å². The number of aromatic amines is 1. The normalized spacial score (nSPS) is 10.4. The summed E-state index contributed by atoms with van der Waals surface area (Å²) in [5.41, 5.74) is 2.19. The fourth-order valence-electron chi connectivity index (χ4n) is 1.90. The summed E-state index contributed by atoms with van der Waals surface area (Å²) >= 11 is 0. The van der Waals surface area contributed by atoms with E-state index in [1.165, 1.54) is 0 Å². The van der Waals surface area contributed by atoms with Crippen LogP contribution in [0.25, 0.3) is 10.9 Å². The van der Waals surface area contributed by atoms with Crippen LogP contribution in [-0.4, -0.2) is 10.8 Å². The van der Waals surface area contributed by atoms with Crippen LogP contribution in [0, 0.1) is 11.3 Å². The van der Waals surface area contributed by atoms with Crippen LogP contribution in [0.5, 0.6) is 0 Å². The Morgan fingerprint density at radius 2 is 2.29 bits per heavy atom. The van der Waals surface area contributed by atoms with Crippen LogP contribution in [0.4, 0.5) is 0 Å². The summed E-state index contributed by atoms with van der Waals surface area (Å²) in [6.07, 6.45) is 4.27. The first-order chi connectivity index (χ1) is 8.26. The highest BCUT2D eigenvalue weighted by molar-refractivity contribution is 6.07. The highest BCUT2D eigenvalue weighted by atomic mass is 16.1. The topological polar surface area (TPSA) is 56.6 Å². The second-order valence-electron chi connectivity index (χ2n) is 4.10. The van der Waals surface area contributed by atoms with Gasteiger partial charge in [-0.1, -0.05) is 19.4 Å². The second kappa shape index (κ2) is 4.84. The first-order valence-corrected chi connectivity index (χ1v) is 5.80. The van der Waals surface area contributed by atoms with Gasteiger partial charge in [-0.2, -0.15) is 5.26 Å². The van der Waals surface area contributed by atoms with E-state index in [0.717, 1.165) is 29.3 Å². The average Bonchev–Trinajstić information content (AvgIpc) is 2.78. The number of hydrogen-bond acceptors (Lipinski definition) is 2. The van der Waals surface area contributed by atoms with Crippen molar-refractivity contribution < 1.29 is 4.79 Å². The largest absolute Gasteiger partial charge is 0.360 e. The summed E-state index contributed by atoms with van der Waals surface area (Å²) in [6.45, 7) is 2.07. The summed E-state index contributed by atoms with van der Waals surface area (Å²) in [5, 5.41) is 9.71. The van der Waals surface area contributed by atoms with Crippen molar-refractivity contribution >= 4 is 16.7 Å². The Labute approximate surface area is 100 Å². The number of H-pyrrole nitrogens is 1. The van der Waals surface area contributed by atoms with Crippen molar-refractivity contribution in [3.8, 4) is 6.07 Å². The van der Waals surface area contributed by atoms with E-state index in [2.05, 4.69) is 18.0 Å². The molecule has 0 atom stereocenters. The zero-order valence-electron chi connectivity index (χ0n) is 9.79. The van der Waals surface area contributed by atoms with Gasteiger partial charge in [-0.3, -0.25) is 4.79 Å². The standard InChI is InChI=1S/C14H14N2O/c1-2-3-4-14(17)12-9-16-13-7-10(8-15)5-6-11(12)13/h5-7,9,16H,2-4H2,1H3. The monoisotopic (exact) mass is 226 g/mol. The van der Waals surface area contributed by atoms with Gasteiger partial charge in [0.25, 0.3) is 0 Å². The number of fused-ring (bicyclic) bond motifs is 1. The maximum atomic E-state index is 11.9. The molecule has 17 heavy (non-hydrogen) atoms.